The largest absolute Gasteiger partial charge is 0.392 e. The zero-order valence-corrected chi connectivity index (χ0v) is 12.0. The first kappa shape index (κ1) is 14.9. The lowest BCUT2D eigenvalue weighted by molar-refractivity contribution is 0.281. The van der Waals surface area contributed by atoms with E-state index in [1.54, 1.807) is 0 Å². The van der Waals surface area contributed by atoms with E-state index in [9.17, 15) is 5.11 Å². The van der Waals surface area contributed by atoms with Crippen LogP contribution in [0.1, 0.15) is 24.6 Å². The smallest absolute Gasteiger partial charge is 0.129 e. The normalized spacial score (nSPS) is 11.0. The number of hydrogen-bond donors (Lipinski definition) is 1. The van der Waals surface area contributed by atoms with Gasteiger partial charge in [0, 0.05) is 18.8 Å². The fraction of sp³-hybridized carbons (Fsp3) is 0.643. The predicted octanol–water partition coefficient (Wildman–Crippen LogP) is 1.66. The molecule has 0 radical (unpaired) electrons. The van der Waals surface area contributed by atoms with Crippen LogP contribution in [0, 0.1) is 6.92 Å². The highest BCUT2D eigenvalue weighted by Crippen LogP contribution is 2.15. The van der Waals surface area contributed by atoms with Gasteiger partial charge in [0.15, 0.2) is 0 Å². The average Bonchev–Trinajstić information content (AvgIpc) is 2.33. The van der Waals surface area contributed by atoms with Crippen LogP contribution in [-0.2, 0) is 6.61 Å². The molecule has 1 rings (SSSR count). The molecule has 0 aliphatic rings. The molecule has 1 aromatic heterocycles. The average molecular weight is 251 g/mol. The van der Waals surface area contributed by atoms with Crippen molar-refractivity contribution in [3.8, 4) is 0 Å². The van der Waals surface area contributed by atoms with Crippen molar-refractivity contribution in [1.82, 2.24) is 9.88 Å². The minimum atomic E-state index is 0.0750. The molecule has 0 fully saturated rings. The number of aliphatic hydroxyl groups excluding tert-OH is 1. The Morgan fingerprint density at radius 3 is 2.50 bits per heavy atom. The number of aliphatic hydroxyl groups is 1. The van der Waals surface area contributed by atoms with Gasteiger partial charge in [-0.3, -0.25) is 0 Å². The molecule has 1 aromatic rings. The van der Waals surface area contributed by atoms with E-state index in [1.807, 2.05) is 19.1 Å². The van der Waals surface area contributed by atoms with E-state index in [2.05, 4.69) is 35.8 Å². The highest BCUT2D eigenvalue weighted by atomic mass is 16.3. The van der Waals surface area contributed by atoms with Crippen molar-refractivity contribution < 1.29 is 5.11 Å². The van der Waals surface area contributed by atoms with Crippen LogP contribution < -0.4 is 4.90 Å². The molecular weight excluding hydrogens is 226 g/mol. The summed E-state index contributed by atoms with van der Waals surface area (Å²) in [6, 6.07) is 3.91. The fourth-order valence-electron chi connectivity index (χ4n) is 1.99. The Kier molecular flexibility index (Phi) is 6.09. The molecule has 0 aromatic carbocycles. The number of pyridine rings is 1. The highest BCUT2D eigenvalue weighted by molar-refractivity contribution is 5.42. The van der Waals surface area contributed by atoms with Crippen LogP contribution in [-0.4, -0.2) is 48.7 Å². The quantitative estimate of drug-likeness (QED) is 0.800. The number of aryl methyl sites for hydroxylation is 1. The van der Waals surface area contributed by atoms with E-state index < -0.39 is 0 Å². The van der Waals surface area contributed by atoms with Crippen LogP contribution >= 0.6 is 0 Å². The van der Waals surface area contributed by atoms with Gasteiger partial charge < -0.3 is 14.9 Å². The monoisotopic (exact) mass is 251 g/mol. The minimum absolute atomic E-state index is 0.0750. The molecule has 0 bridgehead atoms. The van der Waals surface area contributed by atoms with Crippen molar-refractivity contribution in [2.45, 2.75) is 26.9 Å². The minimum Gasteiger partial charge on any atom is -0.392 e. The molecule has 4 nitrogen and oxygen atoms in total. The van der Waals surface area contributed by atoms with Crippen molar-refractivity contribution >= 4 is 5.82 Å². The van der Waals surface area contributed by atoms with E-state index in [0.29, 0.717) is 0 Å². The van der Waals surface area contributed by atoms with Crippen LogP contribution in [0.3, 0.4) is 0 Å². The van der Waals surface area contributed by atoms with Gasteiger partial charge in [0.25, 0.3) is 0 Å². The Bertz CT molecular complexity index is 366. The molecular formula is C14H25N3O. The Morgan fingerprint density at radius 1 is 1.22 bits per heavy atom. The first-order chi connectivity index (χ1) is 8.56. The van der Waals surface area contributed by atoms with Crippen molar-refractivity contribution in [1.29, 1.82) is 0 Å². The van der Waals surface area contributed by atoms with Gasteiger partial charge in [0.05, 0.1) is 6.61 Å². The summed E-state index contributed by atoms with van der Waals surface area (Å²) in [7, 11) is 4.18. The molecule has 0 spiro atoms. The Labute approximate surface area is 110 Å². The Morgan fingerprint density at radius 2 is 1.94 bits per heavy atom. The van der Waals surface area contributed by atoms with Crippen LogP contribution in [0.2, 0.25) is 0 Å². The third-order valence-electron chi connectivity index (χ3n) is 2.92. The summed E-state index contributed by atoms with van der Waals surface area (Å²) in [6.07, 6.45) is 1.12. The molecule has 0 saturated heterocycles. The third kappa shape index (κ3) is 4.63. The highest BCUT2D eigenvalue weighted by Gasteiger charge is 2.07. The SMILES string of the molecule is CCN(CCCN(C)C)c1cc(CO)cc(C)n1. The second-order valence-corrected chi connectivity index (χ2v) is 4.87. The van der Waals surface area contributed by atoms with Crippen LogP contribution in [0.4, 0.5) is 5.82 Å². The first-order valence-corrected chi connectivity index (χ1v) is 6.55. The summed E-state index contributed by atoms with van der Waals surface area (Å²) in [5.41, 5.74) is 1.89. The molecule has 0 unspecified atom stereocenters. The second kappa shape index (κ2) is 7.34. The van der Waals surface area contributed by atoms with Gasteiger partial charge in [-0.15, -0.1) is 0 Å². The van der Waals surface area contributed by atoms with Gasteiger partial charge in [-0.2, -0.15) is 0 Å². The lowest BCUT2D eigenvalue weighted by Gasteiger charge is -2.23. The van der Waals surface area contributed by atoms with Crippen molar-refractivity contribution in [2.24, 2.45) is 0 Å². The van der Waals surface area contributed by atoms with E-state index >= 15 is 0 Å². The van der Waals surface area contributed by atoms with E-state index in [-0.39, 0.29) is 6.61 Å². The summed E-state index contributed by atoms with van der Waals surface area (Å²) in [5, 5.41) is 9.24. The standard InChI is InChI=1S/C14H25N3O/c1-5-17(8-6-7-16(3)4)14-10-13(11-18)9-12(2)15-14/h9-10,18H,5-8,11H2,1-4H3. The topological polar surface area (TPSA) is 39.6 Å². The molecule has 0 amide bonds. The fourth-order valence-corrected chi connectivity index (χ4v) is 1.99. The summed E-state index contributed by atoms with van der Waals surface area (Å²) in [5.74, 6) is 0.973. The molecule has 4 heteroatoms. The number of aromatic nitrogens is 1. The summed E-state index contributed by atoms with van der Waals surface area (Å²) < 4.78 is 0. The number of anilines is 1. The van der Waals surface area contributed by atoms with E-state index in [0.717, 1.165) is 43.1 Å². The van der Waals surface area contributed by atoms with Crippen LogP contribution in [0.5, 0.6) is 0 Å². The summed E-state index contributed by atoms with van der Waals surface area (Å²) >= 11 is 0. The molecule has 1 N–H and O–H groups in total. The van der Waals surface area contributed by atoms with E-state index in [4.69, 9.17) is 0 Å². The molecule has 0 aliphatic carbocycles. The van der Waals surface area contributed by atoms with Crippen LogP contribution in [0.15, 0.2) is 12.1 Å². The lowest BCUT2D eigenvalue weighted by Crippen LogP contribution is -2.28. The Balaban J connectivity index is 2.71. The third-order valence-corrected chi connectivity index (χ3v) is 2.92. The molecule has 18 heavy (non-hydrogen) atoms. The molecule has 0 aliphatic heterocycles. The predicted molar refractivity (Wildman–Crippen MR) is 76.0 cm³/mol. The maximum absolute atomic E-state index is 9.24. The number of rotatable bonds is 7. The second-order valence-electron chi connectivity index (χ2n) is 4.87. The molecule has 1 heterocycles. The lowest BCUT2D eigenvalue weighted by atomic mass is 10.2. The summed E-state index contributed by atoms with van der Waals surface area (Å²) in [6.45, 7) is 7.19. The van der Waals surface area contributed by atoms with E-state index in [1.165, 1.54) is 0 Å². The molecule has 0 atom stereocenters. The maximum Gasteiger partial charge on any atom is 0.129 e. The van der Waals surface area contributed by atoms with Gasteiger partial charge in [0.2, 0.25) is 0 Å². The van der Waals surface area contributed by atoms with Gasteiger partial charge in [-0.25, -0.2) is 4.98 Å². The van der Waals surface area contributed by atoms with Crippen molar-refractivity contribution in [3.05, 3.63) is 23.4 Å². The zero-order chi connectivity index (χ0) is 13.5. The van der Waals surface area contributed by atoms with Gasteiger partial charge in [0.1, 0.15) is 5.82 Å². The molecule has 102 valence electrons. The Hall–Kier alpha value is -1.13. The van der Waals surface area contributed by atoms with Crippen molar-refractivity contribution in [2.75, 3.05) is 38.6 Å². The van der Waals surface area contributed by atoms with Gasteiger partial charge >= 0.3 is 0 Å². The van der Waals surface area contributed by atoms with Crippen LogP contribution in [0.25, 0.3) is 0 Å². The van der Waals surface area contributed by atoms with Gasteiger partial charge in [-0.1, -0.05) is 0 Å². The summed E-state index contributed by atoms with van der Waals surface area (Å²) in [4.78, 5) is 9.00. The molecule has 0 saturated carbocycles. The van der Waals surface area contributed by atoms with Gasteiger partial charge in [-0.05, 0) is 58.6 Å². The number of nitrogens with zero attached hydrogens (tertiary/aromatic N) is 3. The number of hydrogen-bond acceptors (Lipinski definition) is 4. The first-order valence-electron chi connectivity index (χ1n) is 6.55. The van der Waals surface area contributed by atoms with Crippen molar-refractivity contribution in [3.63, 3.8) is 0 Å². The zero-order valence-electron chi connectivity index (χ0n) is 12.0. The maximum atomic E-state index is 9.24.